The highest BCUT2D eigenvalue weighted by atomic mass is 16.5. The molecule has 3 aliphatic heterocycles. The van der Waals surface area contributed by atoms with Crippen LogP contribution in [-0.4, -0.2) is 78.0 Å². The van der Waals surface area contributed by atoms with Gasteiger partial charge in [-0.3, -0.25) is 14.4 Å². The van der Waals surface area contributed by atoms with Gasteiger partial charge >= 0.3 is 0 Å². The minimum atomic E-state index is -1.13. The maximum Gasteiger partial charge on any atom is 0.246 e. The molecule has 218 valence electrons. The summed E-state index contributed by atoms with van der Waals surface area (Å²) in [4.78, 5) is 45.9. The summed E-state index contributed by atoms with van der Waals surface area (Å²) in [6.45, 7) is 10.6. The van der Waals surface area contributed by atoms with Crippen LogP contribution in [0.2, 0.25) is 0 Å². The summed E-state index contributed by atoms with van der Waals surface area (Å²) in [6, 6.07) is 6.90. The fourth-order valence-corrected chi connectivity index (χ4v) is 7.32. The molecule has 8 nitrogen and oxygen atoms in total. The number of hydrogen-bond donors (Lipinski definition) is 2. The Balaban J connectivity index is 1.41. The van der Waals surface area contributed by atoms with Gasteiger partial charge in [0.2, 0.25) is 17.7 Å². The van der Waals surface area contributed by atoms with Gasteiger partial charge in [0.25, 0.3) is 0 Å². The maximum atomic E-state index is 14.2. The van der Waals surface area contributed by atoms with Gasteiger partial charge in [-0.15, -0.1) is 0 Å². The molecular formula is C32H46N4O4. The van der Waals surface area contributed by atoms with Crippen molar-refractivity contribution < 1.29 is 19.1 Å². The number of carbonyl (C=O) groups excluding carboxylic acids is 3. The number of anilines is 1. The van der Waals surface area contributed by atoms with E-state index in [0.717, 1.165) is 37.8 Å². The largest absolute Gasteiger partial charge is 0.359 e. The molecular weight excluding hydrogens is 504 g/mol. The molecule has 1 saturated carbocycles. The zero-order valence-electron chi connectivity index (χ0n) is 24.7. The van der Waals surface area contributed by atoms with Crippen molar-refractivity contribution in [3.63, 3.8) is 0 Å². The Kier molecular flexibility index (Phi) is 8.39. The van der Waals surface area contributed by atoms with Crippen molar-refractivity contribution >= 4 is 23.4 Å². The Morgan fingerprint density at radius 3 is 2.73 bits per heavy atom. The molecule has 0 radical (unpaired) electrons. The number of hydrogen-bond acceptors (Lipinski definition) is 5. The molecule has 0 unspecified atom stereocenters. The number of nitrogens with one attached hydrogen (secondary N) is 2. The highest BCUT2D eigenvalue weighted by molar-refractivity contribution is 6.02. The third kappa shape index (κ3) is 5.20. The van der Waals surface area contributed by atoms with E-state index in [1.807, 2.05) is 43.3 Å². The molecule has 3 heterocycles. The molecule has 8 heteroatoms. The SMILES string of the molecule is CCCCN(C)CCN1C(=O)[C@@H]2[C@H](C(=O)Nc3cccc(C)c3)[C@@H]3C=C[C@@]2(O3)[C@@H]1C(=O)N[C@@H]1CCC[C@@H](C)[C@@H]1C. The van der Waals surface area contributed by atoms with Crippen molar-refractivity contribution in [3.8, 4) is 0 Å². The van der Waals surface area contributed by atoms with E-state index < -0.39 is 29.6 Å². The second kappa shape index (κ2) is 11.6. The lowest BCUT2D eigenvalue weighted by molar-refractivity contribution is -0.141. The number of nitrogens with zero attached hydrogens (tertiary/aromatic N) is 2. The summed E-state index contributed by atoms with van der Waals surface area (Å²) in [6.07, 6.45) is 8.61. The van der Waals surface area contributed by atoms with E-state index in [9.17, 15) is 14.4 Å². The van der Waals surface area contributed by atoms with E-state index in [-0.39, 0.29) is 23.8 Å². The first-order chi connectivity index (χ1) is 19.2. The minimum absolute atomic E-state index is 0.0684. The number of unbranched alkanes of at least 4 members (excludes halogenated alkanes) is 1. The van der Waals surface area contributed by atoms with Crippen LogP contribution in [0, 0.1) is 30.6 Å². The van der Waals surface area contributed by atoms with Crippen LogP contribution in [-0.2, 0) is 19.1 Å². The van der Waals surface area contributed by atoms with Crippen LogP contribution in [0.15, 0.2) is 36.4 Å². The van der Waals surface area contributed by atoms with E-state index in [2.05, 4.69) is 43.4 Å². The molecule has 1 aromatic rings. The molecule has 4 aliphatic rings. The first-order valence-electron chi connectivity index (χ1n) is 15.2. The van der Waals surface area contributed by atoms with Crippen LogP contribution < -0.4 is 10.6 Å². The van der Waals surface area contributed by atoms with E-state index in [1.54, 1.807) is 4.90 Å². The van der Waals surface area contributed by atoms with Gasteiger partial charge in [0.05, 0.1) is 17.9 Å². The van der Waals surface area contributed by atoms with E-state index in [1.165, 1.54) is 6.42 Å². The number of amides is 3. The number of rotatable bonds is 10. The monoisotopic (exact) mass is 550 g/mol. The number of benzene rings is 1. The zero-order chi connectivity index (χ0) is 28.6. The van der Waals surface area contributed by atoms with Crippen LogP contribution in [0.4, 0.5) is 5.69 Å². The number of carbonyl (C=O) groups is 3. The molecule has 3 fully saturated rings. The fourth-order valence-electron chi connectivity index (χ4n) is 7.32. The topological polar surface area (TPSA) is 91.0 Å². The third-order valence-corrected chi connectivity index (χ3v) is 9.86. The molecule has 3 amide bonds. The Hall–Kier alpha value is -2.71. The van der Waals surface area contributed by atoms with Gasteiger partial charge in [-0.2, -0.15) is 0 Å². The predicted octanol–water partition coefficient (Wildman–Crippen LogP) is 3.76. The van der Waals surface area contributed by atoms with Gasteiger partial charge in [-0.05, 0) is 62.9 Å². The smallest absolute Gasteiger partial charge is 0.246 e. The standard InChI is InChI=1S/C32H46N4O4/c1-6-7-16-35(5)17-18-36-28(30(38)34-24-13-9-11-21(3)22(24)4)32-15-14-25(40-32)26(27(32)31(36)39)29(37)33-23-12-8-10-20(2)19-23/h8,10,12,14-15,19,21-22,24-28H,6-7,9,11,13,16-18H2,1-5H3,(H,33,37)(H,34,38)/t21-,22+,24-,25+,26-,27+,28+,32+/m1/s1. The third-order valence-electron chi connectivity index (χ3n) is 9.86. The summed E-state index contributed by atoms with van der Waals surface area (Å²) >= 11 is 0. The quantitative estimate of drug-likeness (QED) is 0.433. The van der Waals surface area contributed by atoms with Crippen molar-refractivity contribution in [3.05, 3.63) is 42.0 Å². The minimum Gasteiger partial charge on any atom is -0.359 e. The average molecular weight is 551 g/mol. The Morgan fingerprint density at radius 2 is 1.98 bits per heavy atom. The summed E-state index contributed by atoms with van der Waals surface area (Å²) < 4.78 is 6.51. The van der Waals surface area contributed by atoms with Gasteiger partial charge in [0.1, 0.15) is 11.6 Å². The zero-order valence-corrected chi connectivity index (χ0v) is 24.7. The van der Waals surface area contributed by atoms with Gasteiger partial charge in [-0.1, -0.05) is 64.3 Å². The first kappa shape index (κ1) is 28.8. The van der Waals surface area contributed by atoms with Crippen molar-refractivity contribution in [1.82, 2.24) is 15.1 Å². The lowest BCUT2D eigenvalue weighted by atomic mass is 9.73. The summed E-state index contributed by atoms with van der Waals surface area (Å²) in [5.74, 6) is -1.09. The second-order valence-electron chi connectivity index (χ2n) is 12.6. The van der Waals surface area contributed by atoms with Crippen LogP contribution in [0.1, 0.15) is 58.4 Å². The maximum absolute atomic E-state index is 14.2. The lowest BCUT2D eigenvalue weighted by Crippen LogP contribution is -2.58. The number of likely N-dealkylation sites (tertiary alicyclic amines) is 1. The van der Waals surface area contributed by atoms with Crippen molar-refractivity contribution in [1.29, 1.82) is 0 Å². The number of fused-ring (bicyclic) bond motifs is 1. The lowest BCUT2D eigenvalue weighted by Gasteiger charge is -2.38. The summed E-state index contributed by atoms with van der Waals surface area (Å²) in [5, 5.41) is 6.35. The van der Waals surface area contributed by atoms with Gasteiger partial charge < -0.3 is 25.2 Å². The van der Waals surface area contributed by atoms with Gasteiger partial charge in [0, 0.05) is 24.8 Å². The Labute approximate surface area is 238 Å². The molecule has 2 N–H and O–H groups in total. The number of ether oxygens (including phenoxy) is 1. The van der Waals surface area contributed by atoms with Crippen molar-refractivity contribution in [2.45, 2.75) is 83.6 Å². The molecule has 2 bridgehead atoms. The van der Waals surface area contributed by atoms with Gasteiger partial charge in [0.15, 0.2) is 0 Å². The van der Waals surface area contributed by atoms with Gasteiger partial charge in [-0.25, -0.2) is 0 Å². The predicted molar refractivity (Wildman–Crippen MR) is 156 cm³/mol. The number of aryl methyl sites for hydroxylation is 1. The second-order valence-corrected chi connectivity index (χ2v) is 12.6. The Bertz CT molecular complexity index is 1150. The molecule has 5 rings (SSSR count). The fraction of sp³-hybridized carbons (Fsp3) is 0.656. The van der Waals surface area contributed by atoms with Crippen LogP contribution >= 0.6 is 0 Å². The summed E-state index contributed by atoms with van der Waals surface area (Å²) in [7, 11) is 2.05. The molecule has 2 saturated heterocycles. The Morgan fingerprint density at radius 1 is 1.18 bits per heavy atom. The van der Waals surface area contributed by atoms with E-state index in [0.29, 0.717) is 30.6 Å². The highest BCUT2D eigenvalue weighted by Gasteiger charge is 2.72. The van der Waals surface area contributed by atoms with Crippen LogP contribution in [0.25, 0.3) is 0 Å². The van der Waals surface area contributed by atoms with Crippen molar-refractivity contribution in [2.75, 3.05) is 32.0 Å². The number of likely N-dealkylation sites (N-methyl/N-ethyl adjacent to an activating group) is 1. The van der Waals surface area contributed by atoms with E-state index >= 15 is 0 Å². The molecule has 40 heavy (non-hydrogen) atoms. The highest BCUT2D eigenvalue weighted by Crippen LogP contribution is 2.55. The normalized spacial score (nSPS) is 34.4. The molecule has 1 spiro atoms. The molecule has 1 aromatic carbocycles. The molecule has 8 atom stereocenters. The average Bonchev–Trinajstić information content (AvgIpc) is 3.56. The van der Waals surface area contributed by atoms with Crippen LogP contribution in [0.5, 0.6) is 0 Å². The van der Waals surface area contributed by atoms with Crippen LogP contribution in [0.3, 0.4) is 0 Å². The molecule has 1 aliphatic carbocycles. The van der Waals surface area contributed by atoms with E-state index in [4.69, 9.17) is 4.74 Å². The van der Waals surface area contributed by atoms with Crippen molar-refractivity contribution in [2.24, 2.45) is 23.7 Å². The molecule has 0 aromatic heterocycles. The first-order valence-corrected chi connectivity index (χ1v) is 15.2. The summed E-state index contributed by atoms with van der Waals surface area (Å²) in [5.41, 5.74) is 0.600.